The van der Waals surface area contributed by atoms with Gasteiger partial charge in [-0.05, 0) is 51.3 Å². The number of nitrogens with one attached hydrogen (secondary N) is 1. The predicted molar refractivity (Wildman–Crippen MR) is 79.4 cm³/mol. The summed E-state index contributed by atoms with van der Waals surface area (Å²) in [6, 6.07) is 8.66. The number of carbonyl (C=O) groups is 1. The average Bonchev–Trinajstić information content (AvgIpc) is 2.46. The molecule has 0 spiro atoms. The molecule has 104 valence electrons. The third-order valence-corrected chi connectivity index (χ3v) is 4.29. The second-order valence-corrected chi connectivity index (χ2v) is 5.52. The van der Waals surface area contributed by atoms with Gasteiger partial charge in [-0.3, -0.25) is 4.79 Å². The van der Waals surface area contributed by atoms with Crippen LogP contribution in [0.5, 0.6) is 0 Å². The highest BCUT2D eigenvalue weighted by Gasteiger charge is 2.28. The maximum absolute atomic E-state index is 12.6. The lowest BCUT2D eigenvalue weighted by Crippen LogP contribution is -2.38. The molecule has 1 aliphatic rings. The van der Waals surface area contributed by atoms with E-state index in [0.29, 0.717) is 6.04 Å². The van der Waals surface area contributed by atoms with Crippen molar-refractivity contribution in [1.82, 2.24) is 5.32 Å². The second-order valence-electron chi connectivity index (χ2n) is 5.52. The van der Waals surface area contributed by atoms with Crippen molar-refractivity contribution in [2.45, 2.75) is 38.6 Å². The van der Waals surface area contributed by atoms with Gasteiger partial charge in [0.15, 0.2) is 0 Å². The molecule has 19 heavy (non-hydrogen) atoms. The first-order valence-corrected chi connectivity index (χ1v) is 7.14. The molecular formula is C16H24N2O. The zero-order valence-corrected chi connectivity index (χ0v) is 12.1. The van der Waals surface area contributed by atoms with Gasteiger partial charge in [0.1, 0.15) is 0 Å². The van der Waals surface area contributed by atoms with Crippen LogP contribution in [0, 0.1) is 12.8 Å². The Kier molecular flexibility index (Phi) is 4.59. The molecule has 1 aliphatic carbocycles. The van der Waals surface area contributed by atoms with Gasteiger partial charge in [-0.1, -0.05) is 18.2 Å². The van der Waals surface area contributed by atoms with Crippen LogP contribution in [0.25, 0.3) is 0 Å². The van der Waals surface area contributed by atoms with Crippen LogP contribution in [-0.4, -0.2) is 26.0 Å². The first-order chi connectivity index (χ1) is 9.13. The van der Waals surface area contributed by atoms with Crippen molar-refractivity contribution < 1.29 is 4.79 Å². The summed E-state index contributed by atoms with van der Waals surface area (Å²) in [5.41, 5.74) is 2.19. The Morgan fingerprint density at radius 1 is 1.21 bits per heavy atom. The molecule has 0 heterocycles. The summed E-state index contributed by atoms with van der Waals surface area (Å²) in [5.74, 6) is 0.457. The van der Waals surface area contributed by atoms with Gasteiger partial charge in [-0.15, -0.1) is 0 Å². The first kappa shape index (κ1) is 14.1. The van der Waals surface area contributed by atoms with Crippen LogP contribution in [0.3, 0.4) is 0 Å². The maximum atomic E-state index is 12.6. The third-order valence-electron chi connectivity index (χ3n) is 4.29. The van der Waals surface area contributed by atoms with E-state index in [4.69, 9.17) is 0 Å². The monoisotopic (exact) mass is 260 g/mol. The number of aryl methyl sites for hydroxylation is 1. The highest BCUT2D eigenvalue weighted by atomic mass is 16.2. The molecule has 1 saturated carbocycles. The summed E-state index contributed by atoms with van der Waals surface area (Å²) in [4.78, 5) is 14.4. The van der Waals surface area contributed by atoms with Gasteiger partial charge in [0.2, 0.25) is 5.91 Å². The van der Waals surface area contributed by atoms with Crippen LogP contribution >= 0.6 is 0 Å². The van der Waals surface area contributed by atoms with E-state index in [1.54, 1.807) is 0 Å². The zero-order chi connectivity index (χ0) is 13.8. The SMILES string of the molecule is CNC1CCC(C(=O)N(C)c2ccccc2C)CC1. The largest absolute Gasteiger partial charge is 0.317 e. The Bertz CT molecular complexity index is 436. The van der Waals surface area contributed by atoms with Gasteiger partial charge < -0.3 is 10.2 Å². The molecular weight excluding hydrogens is 236 g/mol. The zero-order valence-electron chi connectivity index (χ0n) is 12.1. The van der Waals surface area contributed by atoms with Crippen LogP contribution in [0.1, 0.15) is 31.2 Å². The number of para-hydroxylation sites is 1. The van der Waals surface area contributed by atoms with Crippen LogP contribution in [0.4, 0.5) is 5.69 Å². The molecule has 1 amide bonds. The highest BCUT2D eigenvalue weighted by Crippen LogP contribution is 2.28. The molecule has 0 aliphatic heterocycles. The Balaban J connectivity index is 2.02. The van der Waals surface area contributed by atoms with Crippen LogP contribution in [0.15, 0.2) is 24.3 Å². The van der Waals surface area contributed by atoms with E-state index in [2.05, 4.69) is 18.3 Å². The Morgan fingerprint density at radius 3 is 2.42 bits per heavy atom. The minimum absolute atomic E-state index is 0.189. The quantitative estimate of drug-likeness (QED) is 0.906. The molecule has 0 atom stereocenters. The van der Waals surface area contributed by atoms with Crippen LogP contribution in [0.2, 0.25) is 0 Å². The normalized spacial score (nSPS) is 23.1. The molecule has 1 aromatic carbocycles. The number of nitrogens with zero attached hydrogens (tertiary/aromatic N) is 1. The van der Waals surface area contributed by atoms with E-state index in [1.807, 2.05) is 37.2 Å². The average molecular weight is 260 g/mol. The van der Waals surface area contributed by atoms with Crippen molar-refractivity contribution in [2.75, 3.05) is 19.0 Å². The molecule has 0 bridgehead atoms. The maximum Gasteiger partial charge on any atom is 0.229 e. The number of amides is 1. The van der Waals surface area contributed by atoms with Gasteiger partial charge in [0, 0.05) is 24.7 Å². The summed E-state index contributed by atoms with van der Waals surface area (Å²) in [6.07, 6.45) is 4.21. The van der Waals surface area contributed by atoms with Crippen LogP contribution < -0.4 is 10.2 Å². The molecule has 2 rings (SSSR count). The number of carbonyl (C=O) groups excluding carboxylic acids is 1. The van der Waals surface area contributed by atoms with Crippen molar-refractivity contribution in [3.63, 3.8) is 0 Å². The molecule has 3 nitrogen and oxygen atoms in total. The van der Waals surface area contributed by atoms with Gasteiger partial charge in [0.05, 0.1) is 0 Å². The number of anilines is 1. The standard InChI is InChI=1S/C16H24N2O/c1-12-6-4-5-7-15(12)18(3)16(19)13-8-10-14(17-2)11-9-13/h4-7,13-14,17H,8-11H2,1-3H3. The van der Waals surface area contributed by atoms with E-state index in [1.165, 1.54) is 0 Å². The fourth-order valence-corrected chi connectivity index (χ4v) is 2.96. The van der Waals surface area contributed by atoms with Crippen molar-refractivity contribution >= 4 is 11.6 Å². The van der Waals surface area contributed by atoms with Crippen molar-refractivity contribution in [1.29, 1.82) is 0 Å². The van der Waals surface area contributed by atoms with E-state index in [-0.39, 0.29) is 11.8 Å². The van der Waals surface area contributed by atoms with Gasteiger partial charge in [-0.2, -0.15) is 0 Å². The lowest BCUT2D eigenvalue weighted by Gasteiger charge is -2.30. The Hall–Kier alpha value is -1.35. The number of hydrogen-bond acceptors (Lipinski definition) is 2. The molecule has 0 radical (unpaired) electrons. The van der Waals surface area contributed by atoms with E-state index < -0.39 is 0 Å². The summed E-state index contributed by atoms with van der Waals surface area (Å²) in [6.45, 7) is 2.05. The topological polar surface area (TPSA) is 32.3 Å². The summed E-state index contributed by atoms with van der Waals surface area (Å²) >= 11 is 0. The lowest BCUT2D eigenvalue weighted by atomic mass is 9.85. The highest BCUT2D eigenvalue weighted by molar-refractivity contribution is 5.95. The number of benzene rings is 1. The van der Waals surface area contributed by atoms with Crippen LogP contribution in [-0.2, 0) is 4.79 Å². The minimum Gasteiger partial charge on any atom is -0.317 e. The summed E-state index contributed by atoms with van der Waals surface area (Å²) < 4.78 is 0. The van der Waals surface area contributed by atoms with E-state index in [0.717, 1.165) is 36.9 Å². The van der Waals surface area contributed by atoms with Gasteiger partial charge in [-0.25, -0.2) is 0 Å². The molecule has 1 N–H and O–H groups in total. The van der Waals surface area contributed by atoms with Gasteiger partial charge in [0.25, 0.3) is 0 Å². The molecule has 3 heteroatoms. The smallest absolute Gasteiger partial charge is 0.229 e. The molecule has 1 fully saturated rings. The van der Waals surface area contributed by atoms with Gasteiger partial charge >= 0.3 is 0 Å². The Morgan fingerprint density at radius 2 is 1.84 bits per heavy atom. The van der Waals surface area contributed by atoms with Crippen molar-refractivity contribution in [3.05, 3.63) is 29.8 Å². The van der Waals surface area contributed by atoms with Crippen molar-refractivity contribution in [3.8, 4) is 0 Å². The second kappa shape index (κ2) is 6.20. The number of rotatable bonds is 3. The molecule has 1 aromatic rings. The van der Waals surface area contributed by atoms with Crippen molar-refractivity contribution in [2.24, 2.45) is 5.92 Å². The first-order valence-electron chi connectivity index (χ1n) is 7.14. The molecule has 0 saturated heterocycles. The Labute approximate surface area is 116 Å². The van der Waals surface area contributed by atoms with E-state index in [9.17, 15) is 4.79 Å². The molecule has 0 unspecified atom stereocenters. The summed E-state index contributed by atoms with van der Waals surface area (Å²) in [7, 11) is 3.90. The number of hydrogen-bond donors (Lipinski definition) is 1. The molecule has 0 aromatic heterocycles. The predicted octanol–water partition coefficient (Wildman–Crippen LogP) is 2.74. The minimum atomic E-state index is 0.189. The van der Waals surface area contributed by atoms with E-state index >= 15 is 0 Å². The third kappa shape index (κ3) is 3.16. The fourth-order valence-electron chi connectivity index (χ4n) is 2.96. The lowest BCUT2D eigenvalue weighted by molar-refractivity contribution is -0.123. The fraction of sp³-hybridized carbons (Fsp3) is 0.562. The summed E-state index contributed by atoms with van der Waals surface area (Å²) in [5, 5.41) is 3.31.